The van der Waals surface area contributed by atoms with Crippen LogP contribution in [-0.2, 0) is 0 Å². The Labute approximate surface area is 133 Å². The van der Waals surface area contributed by atoms with Crippen LogP contribution in [0.5, 0.6) is 0 Å². The van der Waals surface area contributed by atoms with E-state index in [-0.39, 0.29) is 0 Å². The fraction of sp³-hybridized carbons (Fsp3) is 0.765. The standard InChI is InChI=1S/C17H28ClNS/c1-3-11-19-16(15-12-13(2)17(18)20-15)14-9-7-5-4-6-8-10-14/h12,14,16,19H,3-11H2,1-2H3. The van der Waals surface area contributed by atoms with E-state index in [1.807, 2.05) is 0 Å². The average molecular weight is 314 g/mol. The highest BCUT2D eigenvalue weighted by Crippen LogP contribution is 2.38. The third kappa shape index (κ3) is 4.47. The summed E-state index contributed by atoms with van der Waals surface area (Å²) in [6, 6.07) is 2.82. The molecule has 1 fully saturated rings. The topological polar surface area (TPSA) is 12.0 Å². The smallest absolute Gasteiger partial charge is 0.0960 e. The lowest BCUT2D eigenvalue weighted by Crippen LogP contribution is -2.29. The predicted molar refractivity (Wildman–Crippen MR) is 90.9 cm³/mol. The Hall–Kier alpha value is -0.0500. The molecule has 0 bridgehead atoms. The van der Waals surface area contributed by atoms with Crippen LogP contribution in [-0.4, -0.2) is 6.54 Å². The maximum absolute atomic E-state index is 6.30. The van der Waals surface area contributed by atoms with Crippen molar-refractivity contribution in [2.45, 2.75) is 71.3 Å². The van der Waals surface area contributed by atoms with Crippen LogP contribution in [0.15, 0.2) is 6.07 Å². The van der Waals surface area contributed by atoms with Gasteiger partial charge in [-0.3, -0.25) is 0 Å². The number of thiophene rings is 1. The molecule has 1 aliphatic carbocycles. The minimum Gasteiger partial charge on any atom is -0.309 e. The van der Waals surface area contributed by atoms with Crippen molar-refractivity contribution in [2.24, 2.45) is 5.92 Å². The highest BCUT2D eigenvalue weighted by Gasteiger charge is 2.25. The van der Waals surface area contributed by atoms with Crippen molar-refractivity contribution in [1.29, 1.82) is 0 Å². The summed E-state index contributed by atoms with van der Waals surface area (Å²) in [4.78, 5) is 1.45. The van der Waals surface area contributed by atoms with Gasteiger partial charge in [0, 0.05) is 10.9 Å². The van der Waals surface area contributed by atoms with E-state index in [0.717, 1.165) is 16.8 Å². The van der Waals surface area contributed by atoms with Crippen LogP contribution in [0.2, 0.25) is 4.34 Å². The number of nitrogens with one attached hydrogen (secondary N) is 1. The fourth-order valence-electron chi connectivity index (χ4n) is 3.26. The summed E-state index contributed by atoms with van der Waals surface area (Å²) >= 11 is 8.08. The number of aryl methyl sites for hydroxylation is 1. The minimum absolute atomic E-state index is 0.518. The lowest BCUT2D eigenvalue weighted by Gasteiger charge is -2.29. The molecular weight excluding hydrogens is 286 g/mol. The van der Waals surface area contributed by atoms with Crippen molar-refractivity contribution >= 4 is 22.9 Å². The molecule has 1 aromatic heterocycles. The van der Waals surface area contributed by atoms with Crippen molar-refractivity contribution in [1.82, 2.24) is 5.32 Å². The van der Waals surface area contributed by atoms with Gasteiger partial charge in [-0.05, 0) is 50.3 Å². The van der Waals surface area contributed by atoms with Gasteiger partial charge in [-0.2, -0.15) is 0 Å². The van der Waals surface area contributed by atoms with Crippen LogP contribution in [0.4, 0.5) is 0 Å². The second-order valence-electron chi connectivity index (χ2n) is 6.14. The van der Waals surface area contributed by atoms with E-state index in [2.05, 4.69) is 25.2 Å². The van der Waals surface area contributed by atoms with E-state index in [9.17, 15) is 0 Å². The summed E-state index contributed by atoms with van der Waals surface area (Å²) in [5.74, 6) is 0.788. The molecular formula is C17H28ClNS. The van der Waals surface area contributed by atoms with Crippen LogP contribution in [0.25, 0.3) is 0 Å². The van der Waals surface area contributed by atoms with Crippen LogP contribution in [0.3, 0.4) is 0 Å². The Balaban J connectivity index is 2.12. The van der Waals surface area contributed by atoms with Crippen molar-refractivity contribution in [3.8, 4) is 0 Å². The Morgan fingerprint density at radius 2 is 1.90 bits per heavy atom. The summed E-state index contributed by atoms with van der Waals surface area (Å²) in [6.07, 6.45) is 11.0. The van der Waals surface area contributed by atoms with Gasteiger partial charge < -0.3 is 5.32 Å². The van der Waals surface area contributed by atoms with Gasteiger partial charge in [0.25, 0.3) is 0 Å². The van der Waals surface area contributed by atoms with Gasteiger partial charge in [0.15, 0.2) is 0 Å². The Morgan fingerprint density at radius 1 is 1.25 bits per heavy atom. The van der Waals surface area contributed by atoms with Gasteiger partial charge in [0.1, 0.15) is 0 Å². The Bertz CT molecular complexity index is 374. The zero-order chi connectivity index (χ0) is 14.4. The largest absolute Gasteiger partial charge is 0.309 e. The van der Waals surface area contributed by atoms with Gasteiger partial charge >= 0.3 is 0 Å². The summed E-state index contributed by atoms with van der Waals surface area (Å²) in [5.41, 5.74) is 1.24. The average Bonchev–Trinajstić information content (AvgIpc) is 2.71. The van der Waals surface area contributed by atoms with Crippen LogP contribution >= 0.6 is 22.9 Å². The maximum Gasteiger partial charge on any atom is 0.0960 e. The molecule has 0 aliphatic heterocycles. The first-order valence-corrected chi connectivity index (χ1v) is 9.41. The lowest BCUT2D eigenvalue weighted by molar-refractivity contribution is 0.291. The number of rotatable bonds is 5. The van der Waals surface area contributed by atoms with E-state index < -0.39 is 0 Å². The third-order valence-corrected chi connectivity index (χ3v) is 6.06. The summed E-state index contributed by atoms with van der Waals surface area (Å²) in [6.45, 7) is 5.47. The molecule has 3 heteroatoms. The first-order chi connectivity index (χ1) is 9.72. The molecule has 2 rings (SSSR count). The summed E-state index contributed by atoms with van der Waals surface area (Å²) in [5, 5.41) is 3.80. The third-order valence-electron chi connectivity index (χ3n) is 4.42. The first-order valence-electron chi connectivity index (χ1n) is 8.21. The second kappa shape index (κ2) is 8.41. The molecule has 0 saturated heterocycles. The predicted octanol–water partition coefficient (Wildman–Crippen LogP) is 6.11. The van der Waals surface area contributed by atoms with Gasteiger partial charge in [0.05, 0.1) is 4.34 Å². The van der Waals surface area contributed by atoms with Crippen molar-refractivity contribution < 1.29 is 0 Å². The maximum atomic E-state index is 6.30. The SMILES string of the molecule is CCCNC(c1cc(C)c(Cl)s1)C1CCCCCCC1. The van der Waals surface area contributed by atoms with E-state index in [0.29, 0.717) is 6.04 Å². The molecule has 1 heterocycles. The normalized spacial score (nSPS) is 19.6. The first kappa shape index (κ1) is 16.3. The zero-order valence-corrected chi connectivity index (χ0v) is 14.5. The second-order valence-corrected chi connectivity index (χ2v) is 7.83. The Kier molecular flexibility index (Phi) is 6.86. The summed E-state index contributed by atoms with van der Waals surface area (Å²) in [7, 11) is 0. The van der Waals surface area contributed by atoms with Gasteiger partial charge in [-0.25, -0.2) is 0 Å². The van der Waals surface area contributed by atoms with Crippen LogP contribution in [0, 0.1) is 12.8 Å². The summed E-state index contributed by atoms with van der Waals surface area (Å²) < 4.78 is 0.967. The highest BCUT2D eigenvalue weighted by atomic mass is 35.5. The molecule has 114 valence electrons. The number of hydrogen-bond donors (Lipinski definition) is 1. The molecule has 1 saturated carbocycles. The molecule has 0 amide bonds. The van der Waals surface area contributed by atoms with Crippen LogP contribution in [0.1, 0.15) is 74.8 Å². The van der Waals surface area contributed by atoms with E-state index >= 15 is 0 Å². The van der Waals surface area contributed by atoms with Crippen LogP contribution < -0.4 is 5.32 Å². The van der Waals surface area contributed by atoms with E-state index in [4.69, 9.17) is 11.6 Å². The van der Waals surface area contributed by atoms with Gasteiger partial charge in [-0.15, -0.1) is 11.3 Å². The van der Waals surface area contributed by atoms with Gasteiger partial charge in [-0.1, -0.05) is 50.6 Å². The Morgan fingerprint density at radius 3 is 2.45 bits per heavy atom. The van der Waals surface area contributed by atoms with E-state index in [1.54, 1.807) is 11.3 Å². The number of halogens is 1. The highest BCUT2D eigenvalue weighted by molar-refractivity contribution is 7.16. The lowest BCUT2D eigenvalue weighted by atomic mass is 9.85. The van der Waals surface area contributed by atoms with Crippen molar-refractivity contribution in [3.05, 3.63) is 20.8 Å². The molecule has 1 nitrogen and oxygen atoms in total. The van der Waals surface area contributed by atoms with Gasteiger partial charge in [0.2, 0.25) is 0 Å². The molecule has 1 atom stereocenters. The molecule has 1 N–H and O–H groups in total. The molecule has 1 unspecified atom stereocenters. The molecule has 20 heavy (non-hydrogen) atoms. The van der Waals surface area contributed by atoms with E-state index in [1.165, 1.54) is 61.8 Å². The van der Waals surface area contributed by atoms with Crippen molar-refractivity contribution in [2.75, 3.05) is 6.54 Å². The monoisotopic (exact) mass is 313 g/mol. The molecule has 0 aromatic carbocycles. The minimum atomic E-state index is 0.518. The molecule has 1 aromatic rings. The van der Waals surface area contributed by atoms with Crippen molar-refractivity contribution in [3.63, 3.8) is 0 Å². The molecule has 0 spiro atoms. The fourth-order valence-corrected chi connectivity index (χ4v) is 4.64. The number of hydrogen-bond acceptors (Lipinski definition) is 2. The quantitative estimate of drug-likeness (QED) is 0.691. The zero-order valence-electron chi connectivity index (χ0n) is 12.9. The molecule has 0 radical (unpaired) electrons. The molecule has 1 aliphatic rings.